The highest BCUT2D eigenvalue weighted by Gasteiger charge is 2.46. The summed E-state index contributed by atoms with van der Waals surface area (Å²) in [5, 5.41) is 9.94. The number of carboxylic acids is 1. The normalized spacial score (nSPS) is 25.1. The summed E-state index contributed by atoms with van der Waals surface area (Å²) < 4.78 is 0. The number of hydrogen-bond donors (Lipinski definition) is 1. The first kappa shape index (κ1) is 14.4. The summed E-state index contributed by atoms with van der Waals surface area (Å²) >= 11 is 5.92. The molecule has 21 heavy (non-hydrogen) atoms. The fourth-order valence-corrected chi connectivity index (χ4v) is 3.44. The molecule has 2 fully saturated rings. The summed E-state index contributed by atoms with van der Waals surface area (Å²) in [5.41, 5.74) is 0.870. The quantitative estimate of drug-likeness (QED) is 0.929. The van der Waals surface area contributed by atoms with Crippen LogP contribution in [-0.2, 0) is 16.0 Å². The van der Waals surface area contributed by atoms with Crippen LogP contribution in [0.1, 0.15) is 18.4 Å². The zero-order valence-corrected chi connectivity index (χ0v) is 12.4. The van der Waals surface area contributed by atoms with Gasteiger partial charge in [-0.15, -0.1) is 0 Å². The topological polar surface area (TPSA) is 57.6 Å². The van der Waals surface area contributed by atoms with Gasteiger partial charge in [0.05, 0.1) is 12.3 Å². The molecule has 1 heterocycles. The van der Waals surface area contributed by atoms with E-state index in [1.807, 2.05) is 12.1 Å². The molecule has 4 nitrogen and oxygen atoms in total. The van der Waals surface area contributed by atoms with Crippen molar-refractivity contribution in [2.45, 2.75) is 19.3 Å². The number of carboxylic acid groups (broad SMARTS) is 1. The van der Waals surface area contributed by atoms with Gasteiger partial charge in [0.15, 0.2) is 0 Å². The third kappa shape index (κ3) is 3.21. The molecule has 3 rings (SSSR count). The predicted octanol–water partition coefficient (Wildman–Crippen LogP) is 2.45. The summed E-state index contributed by atoms with van der Waals surface area (Å²) in [4.78, 5) is 25.4. The van der Waals surface area contributed by atoms with Crippen LogP contribution < -0.4 is 0 Å². The molecule has 1 aromatic carbocycles. The smallest absolute Gasteiger partial charge is 0.308 e. The van der Waals surface area contributed by atoms with Gasteiger partial charge in [0.2, 0.25) is 5.91 Å². The fourth-order valence-electron chi connectivity index (χ4n) is 3.23. The van der Waals surface area contributed by atoms with Crippen molar-refractivity contribution in [3.63, 3.8) is 0 Å². The molecule has 1 aromatic rings. The van der Waals surface area contributed by atoms with Gasteiger partial charge >= 0.3 is 5.97 Å². The monoisotopic (exact) mass is 307 g/mol. The highest BCUT2D eigenvalue weighted by molar-refractivity contribution is 6.30. The van der Waals surface area contributed by atoms with Gasteiger partial charge in [-0.05, 0) is 42.4 Å². The molecule has 0 bridgehead atoms. The van der Waals surface area contributed by atoms with E-state index in [0.717, 1.165) is 18.4 Å². The fraction of sp³-hybridized carbons (Fsp3) is 0.500. The maximum absolute atomic E-state index is 12.4. The molecule has 1 aliphatic heterocycles. The predicted molar refractivity (Wildman–Crippen MR) is 79.1 cm³/mol. The lowest BCUT2D eigenvalue weighted by Gasteiger charge is -2.16. The Morgan fingerprint density at radius 2 is 2.05 bits per heavy atom. The molecule has 5 heteroatoms. The van der Waals surface area contributed by atoms with E-state index in [1.165, 1.54) is 0 Å². The molecule has 1 amide bonds. The van der Waals surface area contributed by atoms with Crippen LogP contribution in [0.3, 0.4) is 0 Å². The number of rotatable bonds is 4. The summed E-state index contributed by atoms with van der Waals surface area (Å²) in [6.07, 6.45) is 2.49. The van der Waals surface area contributed by atoms with Crippen molar-refractivity contribution in [2.75, 3.05) is 13.1 Å². The molecular formula is C16H18ClNO3. The van der Waals surface area contributed by atoms with Crippen LogP contribution in [0.2, 0.25) is 5.02 Å². The van der Waals surface area contributed by atoms with E-state index in [4.69, 9.17) is 11.6 Å². The SMILES string of the molecule is O=C(O)[C@H]1CN(C(=O)Cc2cccc(Cl)c2)C[C@@H]1C1CC1. The van der Waals surface area contributed by atoms with Crippen LogP contribution in [-0.4, -0.2) is 35.0 Å². The van der Waals surface area contributed by atoms with Crippen molar-refractivity contribution >= 4 is 23.5 Å². The Morgan fingerprint density at radius 1 is 1.29 bits per heavy atom. The van der Waals surface area contributed by atoms with E-state index in [-0.39, 0.29) is 18.2 Å². The second-order valence-electron chi connectivity index (χ2n) is 6.05. The first-order valence-corrected chi connectivity index (χ1v) is 7.67. The lowest BCUT2D eigenvalue weighted by molar-refractivity contribution is -0.142. The number of nitrogens with zero attached hydrogens (tertiary/aromatic N) is 1. The van der Waals surface area contributed by atoms with Gasteiger partial charge in [-0.25, -0.2) is 0 Å². The second-order valence-corrected chi connectivity index (χ2v) is 6.49. The van der Waals surface area contributed by atoms with Gasteiger partial charge in [-0.1, -0.05) is 23.7 Å². The lowest BCUT2D eigenvalue weighted by atomic mass is 9.92. The molecule has 1 saturated heterocycles. The largest absolute Gasteiger partial charge is 0.481 e. The van der Waals surface area contributed by atoms with E-state index < -0.39 is 11.9 Å². The minimum atomic E-state index is -0.773. The first-order chi connectivity index (χ1) is 10.0. The van der Waals surface area contributed by atoms with E-state index in [2.05, 4.69) is 0 Å². The number of carbonyl (C=O) groups is 2. The maximum atomic E-state index is 12.4. The number of aliphatic carboxylic acids is 1. The van der Waals surface area contributed by atoms with Crippen LogP contribution in [0, 0.1) is 17.8 Å². The van der Waals surface area contributed by atoms with Crippen molar-refractivity contribution < 1.29 is 14.7 Å². The number of benzene rings is 1. The van der Waals surface area contributed by atoms with Crippen LogP contribution in [0.4, 0.5) is 0 Å². The van der Waals surface area contributed by atoms with Gasteiger partial charge in [0.1, 0.15) is 0 Å². The third-order valence-corrected chi connectivity index (χ3v) is 4.74. The second kappa shape index (κ2) is 5.68. The minimum Gasteiger partial charge on any atom is -0.481 e. The lowest BCUT2D eigenvalue weighted by Crippen LogP contribution is -2.31. The highest BCUT2D eigenvalue weighted by atomic mass is 35.5. The highest BCUT2D eigenvalue weighted by Crippen LogP contribution is 2.44. The van der Waals surface area contributed by atoms with Crippen molar-refractivity contribution in [3.05, 3.63) is 34.9 Å². The Bertz CT molecular complexity index is 570. The standard InChI is InChI=1S/C16H18ClNO3/c17-12-3-1-2-10(6-12)7-15(19)18-8-13(11-4-5-11)14(9-18)16(20)21/h1-3,6,11,13-14H,4-5,7-9H2,(H,20,21)/t13-,14+/m1/s1. The average molecular weight is 308 g/mol. The number of amides is 1. The number of hydrogen-bond acceptors (Lipinski definition) is 2. The molecule has 1 saturated carbocycles. The average Bonchev–Trinajstić information content (AvgIpc) is 3.17. The van der Waals surface area contributed by atoms with E-state index in [9.17, 15) is 14.7 Å². The molecule has 0 spiro atoms. The summed E-state index contributed by atoms with van der Waals surface area (Å²) in [7, 11) is 0. The first-order valence-electron chi connectivity index (χ1n) is 7.29. The maximum Gasteiger partial charge on any atom is 0.308 e. The van der Waals surface area contributed by atoms with Gasteiger partial charge < -0.3 is 10.0 Å². The van der Waals surface area contributed by atoms with E-state index >= 15 is 0 Å². The Morgan fingerprint density at radius 3 is 2.67 bits per heavy atom. The number of halogens is 1. The van der Waals surface area contributed by atoms with Crippen LogP contribution in [0.5, 0.6) is 0 Å². The number of carbonyl (C=O) groups excluding carboxylic acids is 1. The molecule has 0 radical (unpaired) electrons. The molecule has 112 valence electrons. The number of likely N-dealkylation sites (tertiary alicyclic amines) is 1. The Balaban J connectivity index is 1.66. The molecule has 1 N–H and O–H groups in total. The Labute approximate surface area is 128 Å². The van der Waals surface area contributed by atoms with Crippen molar-refractivity contribution in [1.82, 2.24) is 4.90 Å². The van der Waals surface area contributed by atoms with E-state index in [0.29, 0.717) is 24.0 Å². The third-order valence-electron chi connectivity index (χ3n) is 4.51. The van der Waals surface area contributed by atoms with Gasteiger partial charge in [-0.2, -0.15) is 0 Å². The summed E-state index contributed by atoms with van der Waals surface area (Å²) in [6, 6.07) is 7.24. The zero-order valence-electron chi connectivity index (χ0n) is 11.7. The Hall–Kier alpha value is -1.55. The molecule has 0 aromatic heterocycles. The van der Waals surface area contributed by atoms with Gasteiger partial charge in [0.25, 0.3) is 0 Å². The van der Waals surface area contributed by atoms with Gasteiger partial charge in [0, 0.05) is 18.1 Å². The van der Waals surface area contributed by atoms with Crippen LogP contribution in [0.15, 0.2) is 24.3 Å². The van der Waals surface area contributed by atoms with Crippen LogP contribution >= 0.6 is 11.6 Å². The van der Waals surface area contributed by atoms with Crippen molar-refractivity contribution in [2.24, 2.45) is 17.8 Å². The Kier molecular flexibility index (Phi) is 3.89. The molecule has 1 aliphatic carbocycles. The van der Waals surface area contributed by atoms with Crippen LogP contribution in [0.25, 0.3) is 0 Å². The summed E-state index contributed by atoms with van der Waals surface area (Å²) in [6.45, 7) is 0.928. The van der Waals surface area contributed by atoms with Gasteiger partial charge in [-0.3, -0.25) is 9.59 Å². The van der Waals surface area contributed by atoms with E-state index in [1.54, 1.807) is 17.0 Å². The zero-order chi connectivity index (χ0) is 15.0. The molecule has 0 unspecified atom stereocenters. The molecule has 2 atom stereocenters. The minimum absolute atomic E-state index is 0.00772. The molecular weight excluding hydrogens is 290 g/mol. The van der Waals surface area contributed by atoms with Crippen molar-refractivity contribution in [3.8, 4) is 0 Å². The molecule has 2 aliphatic rings. The summed E-state index contributed by atoms with van der Waals surface area (Å²) in [5.74, 6) is -0.557. The van der Waals surface area contributed by atoms with Crippen molar-refractivity contribution in [1.29, 1.82) is 0 Å².